The van der Waals surface area contributed by atoms with E-state index in [0.29, 0.717) is 23.3 Å². The summed E-state index contributed by atoms with van der Waals surface area (Å²) in [6.45, 7) is 9.53. The number of hydrogen-bond acceptors (Lipinski definition) is 5. The lowest BCUT2D eigenvalue weighted by Gasteiger charge is -2.36. The fraction of sp³-hybridized carbons (Fsp3) is 0.471. The Morgan fingerprint density at radius 3 is 2.73 bits per heavy atom. The van der Waals surface area contributed by atoms with Gasteiger partial charge in [-0.3, -0.25) is 4.90 Å². The molecule has 1 aliphatic heterocycles. The fourth-order valence-corrected chi connectivity index (χ4v) is 2.93. The van der Waals surface area contributed by atoms with Crippen molar-refractivity contribution in [2.24, 2.45) is 0 Å². The highest BCUT2D eigenvalue weighted by Crippen LogP contribution is 2.40. The summed E-state index contributed by atoms with van der Waals surface area (Å²) in [7, 11) is 1.52. The van der Waals surface area contributed by atoms with Gasteiger partial charge in [-0.15, -0.1) is 6.58 Å². The van der Waals surface area contributed by atoms with E-state index in [2.05, 4.69) is 22.9 Å². The maximum Gasteiger partial charge on any atom is 0.163 e. The number of hydrogen-bond donors (Lipinski definition) is 2. The molecule has 5 heteroatoms. The van der Waals surface area contributed by atoms with Crippen molar-refractivity contribution in [2.45, 2.75) is 19.4 Å². The van der Waals surface area contributed by atoms with Crippen LogP contribution in [0.3, 0.4) is 0 Å². The van der Waals surface area contributed by atoms with Crippen LogP contribution in [0.4, 0.5) is 0 Å². The topological polar surface area (TPSA) is 68.5 Å². The Kier molecular flexibility index (Phi) is 5.42. The highest BCUT2D eigenvalue weighted by Gasteiger charge is 2.28. The van der Waals surface area contributed by atoms with Crippen molar-refractivity contribution in [2.75, 3.05) is 33.3 Å². The molecule has 5 nitrogen and oxygen atoms in total. The van der Waals surface area contributed by atoms with E-state index in [1.165, 1.54) is 7.11 Å². The summed E-state index contributed by atoms with van der Waals surface area (Å²) in [5, 5.41) is 23.3. The number of nitrogens with zero attached hydrogens (tertiary/aromatic N) is 2. The van der Waals surface area contributed by atoms with Crippen LogP contribution in [0.1, 0.15) is 30.5 Å². The summed E-state index contributed by atoms with van der Waals surface area (Å²) in [5.41, 5.74) is 2.16. The Labute approximate surface area is 131 Å². The zero-order valence-corrected chi connectivity index (χ0v) is 13.2. The molecule has 1 fully saturated rings. The summed E-state index contributed by atoms with van der Waals surface area (Å²) in [4.78, 5) is 2.29. The molecule has 1 aromatic rings. The van der Waals surface area contributed by atoms with Crippen LogP contribution < -0.4 is 10.1 Å². The lowest BCUT2D eigenvalue weighted by atomic mass is 9.93. The van der Waals surface area contributed by atoms with Gasteiger partial charge in [-0.05, 0) is 25.5 Å². The van der Waals surface area contributed by atoms with Crippen LogP contribution >= 0.6 is 0 Å². The molecule has 1 heterocycles. The van der Waals surface area contributed by atoms with Crippen LogP contribution in [0.15, 0.2) is 24.3 Å². The molecule has 0 spiro atoms. The first-order chi connectivity index (χ1) is 10.6. The van der Waals surface area contributed by atoms with Gasteiger partial charge in [0.05, 0.1) is 18.7 Å². The molecule has 1 aromatic carbocycles. The molecule has 0 aromatic heterocycles. The number of piperazine rings is 1. The van der Waals surface area contributed by atoms with Gasteiger partial charge in [0.25, 0.3) is 0 Å². The molecule has 22 heavy (non-hydrogen) atoms. The molecule has 0 saturated carbocycles. The number of nitriles is 1. The van der Waals surface area contributed by atoms with E-state index in [4.69, 9.17) is 4.74 Å². The Bertz CT molecular complexity index is 586. The number of benzene rings is 1. The van der Waals surface area contributed by atoms with Gasteiger partial charge in [0.1, 0.15) is 0 Å². The molecule has 0 amide bonds. The van der Waals surface area contributed by atoms with E-state index < -0.39 is 0 Å². The monoisotopic (exact) mass is 301 g/mol. The number of rotatable bonds is 5. The minimum atomic E-state index is -0.0654. The largest absolute Gasteiger partial charge is 0.504 e. The predicted molar refractivity (Wildman–Crippen MR) is 86.0 cm³/mol. The molecule has 0 unspecified atom stereocenters. The quantitative estimate of drug-likeness (QED) is 0.816. The van der Waals surface area contributed by atoms with Crippen molar-refractivity contribution >= 4 is 0 Å². The number of phenolic OH excluding ortho intramolecular Hbond substituents is 1. The molecule has 2 N–H and O–H groups in total. The van der Waals surface area contributed by atoms with Gasteiger partial charge in [0.2, 0.25) is 0 Å². The van der Waals surface area contributed by atoms with E-state index in [1.807, 2.05) is 6.92 Å². The molecular formula is C17H23N3O2. The molecule has 1 saturated heterocycles. The zero-order chi connectivity index (χ0) is 16.1. The molecule has 1 aliphatic rings. The smallest absolute Gasteiger partial charge is 0.163 e. The van der Waals surface area contributed by atoms with Crippen LogP contribution in [-0.4, -0.2) is 43.3 Å². The van der Waals surface area contributed by atoms with Crippen molar-refractivity contribution in [3.63, 3.8) is 0 Å². The van der Waals surface area contributed by atoms with Crippen molar-refractivity contribution in [3.8, 4) is 17.6 Å². The van der Waals surface area contributed by atoms with Crippen molar-refractivity contribution in [1.29, 1.82) is 5.26 Å². The van der Waals surface area contributed by atoms with Gasteiger partial charge in [-0.1, -0.05) is 5.57 Å². The van der Waals surface area contributed by atoms with Gasteiger partial charge >= 0.3 is 0 Å². The van der Waals surface area contributed by atoms with Gasteiger partial charge < -0.3 is 15.2 Å². The van der Waals surface area contributed by atoms with E-state index in [1.54, 1.807) is 12.1 Å². The minimum Gasteiger partial charge on any atom is -0.504 e. The minimum absolute atomic E-state index is 0.0614. The zero-order valence-electron chi connectivity index (χ0n) is 13.2. The van der Waals surface area contributed by atoms with Gasteiger partial charge in [-0.25, -0.2) is 0 Å². The standard InChI is InChI=1S/C17H23N3O2/c1-12(2)10-14(20-8-6-19-7-9-20)16-13(11-18)4-5-15(22-3)17(16)21/h4-5,14,19,21H,1,6-10H2,2-3H3/t14-/m0/s1. The predicted octanol–water partition coefficient (Wildman–Crippen LogP) is 2.18. The first-order valence-electron chi connectivity index (χ1n) is 7.47. The third kappa shape index (κ3) is 3.41. The summed E-state index contributed by atoms with van der Waals surface area (Å²) in [6.07, 6.45) is 0.704. The Morgan fingerprint density at radius 1 is 1.50 bits per heavy atom. The molecule has 0 aliphatic carbocycles. The molecule has 1 atom stereocenters. The van der Waals surface area contributed by atoms with E-state index in [-0.39, 0.29) is 11.8 Å². The summed E-state index contributed by atoms with van der Waals surface area (Å²) < 4.78 is 5.21. The highest BCUT2D eigenvalue weighted by molar-refractivity contribution is 5.55. The van der Waals surface area contributed by atoms with E-state index in [9.17, 15) is 10.4 Å². The summed E-state index contributed by atoms with van der Waals surface area (Å²) in [5.74, 6) is 0.460. The molecule has 0 bridgehead atoms. The maximum absolute atomic E-state index is 10.6. The maximum atomic E-state index is 10.6. The lowest BCUT2D eigenvalue weighted by Crippen LogP contribution is -2.45. The molecule has 2 rings (SSSR count). The van der Waals surface area contributed by atoms with Crippen molar-refractivity contribution < 1.29 is 9.84 Å². The molecule has 118 valence electrons. The van der Waals surface area contributed by atoms with Crippen molar-refractivity contribution in [3.05, 3.63) is 35.4 Å². The molecule has 0 radical (unpaired) electrons. The van der Waals surface area contributed by atoms with E-state index in [0.717, 1.165) is 31.8 Å². The third-order valence-corrected chi connectivity index (χ3v) is 3.99. The molecular weight excluding hydrogens is 278 g/mol. The van der Waals surface area contributed by atoms with E-state index >= 15 is 0 Å². The average Bonchev–Trinajstić information content (AvgIpc) is 2.53. The van der Waals surface area contributed by atoms with Gasteiger partial charge in [-0.2, -0.15) is 5.26 Å². The van der Waals surface area contributed by atoms with Gasteiger partial charge in [0, 0.05) is 37.8 Å². The first-order valence-corrected chi connectivity index (χ1v) is 7.47. The SMILES string of the molecule is C=C(C)C[C@@H](c1c(C#N)ccc(OC)c1O)N1CCNCC1. The number of phenols is 1. The number of methoxy groups -OCH3 is 1. The second-order valence-electron chi connectivity index (χ2n) is 5.65. The van der Waals surface area contributed by atoms with Crippen LogP contribution in [0.2, 0.25) is 0 Å². The van der Waals surface area contributed by atoms with Crippen molar-refractivity contribution in [1.82, 2.24) is 10.2 Å². The van der Waals surface area contributed by atoms with Gasteiger partial charge in [0.15, 0.2) is 11.5 Å². The second kappa shape index (κ2) is 7.30. The number of aromatic hydroxyl groups is 1. The van der Waals surface area contributed by atoms with Crippen LogP contribution in [0.25, 0.3) is 0 Å². The summed E-state index contributed by atoms with van der Waals surface area (Å²) >= 11 is 0. The summed E-state index contributed by atoms with van der Waals surface area (Å²) in [6, 6.07) is 5.47. The third-order valence-electron chi connectivity index (χ3n) is 3.99. The van der Waals surface area contributed by atoms with Crippen LogP contribution in [0, 0.1) is 11.3 Å². The number of ether oxygens (including phenoxy) is 1. The first kappa shape index (κ1) is 16.3. The number of nitrogens with one attached hydrogen (secondary N) is 1. The Morgan fingerprint density at radius 2 is 2.18 bits per heavy atom. The normalized spacial score (nSPS) is 16.8. The fourth-order valence-electron chi connectivity index (χ4n) is 2.93. The second-order valence-corrected chi connectivity index (χ2v) is 5.65. The van der Waals surface area contributed by atoms with Crippen LogP contribution in [0.5, 0.6) is 11.5 Å². The highest BCUT2D eigenvalue weighted by atomic mass is 16.5. The average molecular weight is 301 g/mol. The van der Waals surface area contributed by atoms with Crippen LogP contribution in [-0.2, 0) is 0 Å². The Hall–Kier alpha value is -2.03. The lowest BCUT2D eigenvalue weighted by molar-refractivity contribution is 0.169. The Balaban J connectivity index is 2.50.